The Morgan fingerprint density at radius 1 is 1.04 bits per heavy atom. The molecule has 0 aliphatic heterocycles. The first-order valence-corrected chi connectivity index (χ1v) is 6.71. The molecule has 9 heteroatoms. The van der Waals surface area contributed by atoms with E-state index in [2.05, 4.69) is 16.2 Å². The molecule has 0 saturated carbocycles. The SMILES string of the molecule is O=C(NNC(=O)c1ccc([N+](=O)[O-])cc1)Nc1cccc(Cl)c1. The fourth-order valence-electron chi connectivity index (χ4n) is 1.65. The maximum Gasteiger partial charge on any atom is 0.337 e. The van der Waals surface area contributed by atoms with E-state index >= 15 is 0 Å². The van der Waals surface area contributed by atoms with Crippen molar-refractivity contribution < 1.29 is 14.5 Å². The molecule has 0 atom stereocenters. The van der Waals surface area contributed by atoms with Gasteiger partial charge in [0.25, 0.3) is 11.6 Å². The first-order valence-electron chi connectivity index (χ1n) is 6.33. The molecule has 2 aromatic rings. The minimum atomic E-state index is -0.664. The van der Waals surface area contributed by atoms with E-state index in [1.54, 1.807) is 24.3 Å². The normalized spacial score (nSPS) is 9.78. The van der Waals surface area contributed by atoms with Crippen molar-refractivity contribution in [1.82, 2.24) is 10.9 Å². The maximum atomic E-state index is 11.8. The van der Waals surface area contributed by atoms with E-state index in [-0.39, 0.29) is 11.3 Å². The molecule has 0 heterocycles. The number of nitrogens with one attached hydrogen (secondary N) is 3. The number of benzene rings is 2. The van der Waals surface area contributed by atoms with Gasteiger partial charge in [-0.2, -0.15) is 0 Å². The van der Waals surface area contributed by atoms with Crippen LogP contribution >= 0.6 is 11.6 Å². The summed E-state index contributed by atoms with van der Waals surface area (Å²) in [6, 6.07) is 10.8. The predicted octanol–water partition coefficient (Wildman–Crippen LogP) is 2.71. The zero-order valence-corrected chi connectivity index (χ0v) is 12.3. The Bertz CT molecular complexity index is 749. The summed E-state index contributed by atoms with van der Waals surface area (Å²) >= 11 is 5.78. The lowest BCUT2D eigenvalue weighted by Gasteiger charge is -2.09. The molecule has 23 heavy (non-hydrogen) atoms. The van der Waals surface area contributed by atoms with E-state index in [1.165, 1.54) is 24.3 Å². The molecule has 2 aromatic carbocycles. The minimum absolute atomic E-state index is 0.131. The van der Waals surface area contributed by atoms with Gasteiger partial charge in [-0.1, -0.05) is 17.7 Å². The number of carbonyl (C=O) groups is 2. The zero-order chi connectivity index (χ0) is 16.8. The van der Waals surface area contributed by atoms with E-state index in [9.17, 15) is 19.7 Å². The lowest BCUT2D eigenvalue weighted by atomic mass is 10.2. The third-order valence-corrected chi connectivity index (χ3v) is 2.95. The number of hydrogen-bond acceptors (Lipinski definition) is 4. The van der Waals surface area contributed by atoms with Crippen LogP contribution in [0.25, 0.3) is 0 Å². The second-order valence-corrected chi connectivity index (χ2v) is 4.78. The molecule has 0 bridgehead atoms. The van der Waals surface area contributed by atoms with Gasteiger partial charge in [0.2, 0.25) is 0 Å². The van der Waals surface area contributed by atoms with Crippen LogP contribution in [0.2, 0.25) is 5.02 Å². The molecule has 0 spiro atoms. The summed E-state index contributed by atoms with van der Waals surface area (Å²) in [6.45, 7) is 0. The van der Waals surface area contributed by atoms with Crippen molar-refractivity contribution in [3.8, 4) is 0 Å². The van der Waals surface area contributed by atoms with Gasteiger partial charge in [0.05, 0.1) is 4.92 Å². The van der Waals surface area contributed by atoms with Gasteiger partial charge in [-0.15, -0.1) is 0 Å². The number of anilines is 1. The second kappa shape index (κ2) is 7.23. The van der Waals surface area contributed by atoms with Crippen LogP contribution in [0.5, 0.6) is 0 Å². The van der Waals surface area contributed by atoms with E-state index < -0.39 is 16.9 Å². The number of nitro groups is 1. The fourth-order valence-corrected chi connectivity index (χ4v) is 1.84. The average Bonchev–Trinajstić information content (AvgIpc) is 2.52. The summed E-state index contributed by atoms with van der Waals surface area (Å²) in [6.07, 6.45) is 0. The molecule has 3 amide bonds. The van der Waals surface area contributed by atoms with Gasteiger partial charge < -0.3 is 5.32 Å². The summed E-state index contributed by atoms with van der Waals surface area (Å²) in [7, 11) is 0. The molecule has 0 unspecified atom stereocenters. The number of urea groups is 1. The number of hydrogen-bond donors (Lipinski definition) is 3. The predicted molar refractivity (Wildman–Crippen MR) is 84.2 cm³/mol. The highest BCUT2D eigenvalue weighted by Gasteiger charge is 2.10. The standard InChI is InChI=1S/C14H11ClN4O4/c15-10-2-1-3-11(8-10)16-14(21)18-17-13(20)9-4-6-12(7-5-9)19(22)23/h1-8H,(H,17,20)(H2,16,18,21). The third-order valence-electron chi connectivity index (χ3n) is 2.71. The first kappa shape index (κ1) is 16.2. The van der Waals surface area contributed by atoms with Crippen molar-refractivity contribution in [1.29, 1.82) is 0 Å². The number of halogens is 1. The van der Waals surface area contributed by atoms with Crippen molar-refractivity contribution in [2.75, 3.05) is 5.32 Å². The second-order valence-electron chi connectivity index (χ2n) is 4.35. The Labute approximate surface area is 135 Å². The first-order chi connectivity index (χ1) is 11.0. The molecule has 8 nitrogen and oxygen atoms in total. The average molecular weight is 335 g/mol. The molecule has 0 saturated heterocycles. The number of nitrogens with zero attached hydrogens (tertiary/aromatic N) is 1. The van der Waals surface area contributed by atoms with Crippen molar-refractivity contribution in [2.45, 2.75) is 0 Å². The zero-order valence-electron chi connectivity index (χ0n) is 11.6. The lowest BCUT2D eigenvalue weighted by Crippen LogP contribution is -2.43. The van der Waals surface area contributed by atoms with Crippen molar-refractivity contribution in [3.05, 3.63) is 69.2 Å². The van der Waals surface area contributed by atoms with Gasteiger partial charge in [-0.25, -0.2) is 10.2 Å². The van der Waals surface area contributed by atoms with Crippen LogP contribution < -0.4 is 16.2 Å². The molecular formula is C14H11ClN4O4. The monoisotopic (exact) mass is 334 g/mol. The van der Waals surface area contributed by atoms with Gasteiger partial charge in [-0.3, -0.25) is 20.3 Å². The minimum Gasteiger partial charge on any atom is -0.307 e. The van der Waals surface area contributed by atoms with Crippen molar-refractivity contribution in [3.63, 3.8) is 0 Å². The smallest absolute Gasteiger partial charge is 0.307 e. The molecule has 118 valence electrons. The number of amides is 3. The number of hydrazine groups is 1. The third kappa shape index (κ3) is 4.68. The van der Waals surface area contributed by atoms with Gasteiger partial charge >= 0.3 is 6.03 Å². The van der Waals surface area contributed by atoms with E-state index in [0.717, 1.165) is 0 Å². The largest absolute Gasteiger partial charge is 0.337 e. The summed E-state index contributed by atoms with van der Waals surface area (Å²) in [5, 5.41) is 13.5. The maximum absolute atomic E-state index is 11.8. The fraction of sp³-hybridized carbons (Fsp3) is 0. The quantitative estimate of drug-likeness (QED) is 0.591. The van der Waals surface area contributed by atoms with Crippen LogP contribution in [0, 0.1) is 10.1 Å². The molecule has 0 radical (unpaired) electrons. The van der Waals surface area contributed by atoms with Gasteiger partial charge in [-0.05, 0) is 30.3 Å². The molecule has 2 rings (SSSR count). The number of nitro benzene ring substituents is 1. The highest BCUT2D eigenvalue weighted by atomic mass is 35.5. The molecule has 3 N–H and O–H groups in total. The Kier molecular flexibility index (Phi) is 5.11. The van der Waals surface area contributed by atoms with E-state index in [1.807, 2.05) is 0 Å². The van der Waals surface area contributed by atoms with E-state index in [0.29, 0.717) is 10.7 Å². The summed E-state index contributed by atoms with van der Waals surface area (Å²) in [4.78, 5) is 33.4. The summed E-state index contributed by atoms with van der Waals surface area (Å²) < 4.78 is 0. The van der Waals surface area contributed by atoms with Gasteiger partial charge in [0, 0.05) is 28.4 Å². The molecule has 0 aliphatic rings. The molecular weight excluding hydrogens is 324 g/mol. The topological polar surface area (TPSA) is 113 Å². The summed E-state index contributed by atoms with van der Waals surface area (Å²) in [5.41, 5.74) is 4.83. The van der Waals surface area contributed by atoms with Crippen molar-refractivity contribution in [2.24, 2.45) is 0 Å². The Hall–Kier alpha value is -3.13. The highest BCUT2D eigenvalue weighted by Crippen LogP contribution is 2.14. The van der Waals surface area contributed by atoms with Crippen LogP contribution in [-0.2, 0) is 0 Å². The number of rotatable bonds is 3. The number of non-ortho nitro benzene ring substituents is 1. The van der Waals surface area contributed by atoms with Crippen LogP contribution in [0.1, 0.15) is 10.4 Å². The Balaban J connectivity index is 1.88. The van der Waals surface area contributed by atoms with Gasteiger partial charge in [0.1, 0.15) is 0 Å². The van der Waals surface area contributed by atoms with Crippen molar-refractivity contribution >= 4 is 34.9 Å². The molecule has 0 aromatic heterocycles. The van der Waals surface area contributed by atoms with Gasteiger partial charge in [0.15, 0.2) is 0 Å². The van der Waals surface area contributed by atoms with Crippen LogP contribution in [0.3, 0.4) is 0 Å². The Morgan fingerprint density at radius 3 is 2.35 bits per heavy atom. The highest BCUT2D eigenvalue weighted by molar-refractivity contribution is 6.30. The Morgan fingerprint density at radius 2 is 1.74 bits per heavy atom. The summed E-state index contributed by atoms with van der Waals surface area (Å²) in [5.74, 6) is -0.610. The lowest BCUT2D eigenvalue weighted by molar-refractivity contribution is -0.384. The van der Waals surface area contributed by atoms with Crippen LogP contribution in [-0.4, -0.2) is 16.9 Å². The number of carbonyl (C=O) groups excluding carboxylic acids is 2. The van der Waals surface area contributed by atoms with Crippen LogP contribution in [0.15, 0.2) is 48.5 Å². The van der Waals surface area contributed by atoms with Crippen LogP contribution in [0.4, 0.5) is 16.2 Å². The molecule has 0 fully saturated rings. The molecule has 0 aliphatic carbocycles. The van der Waals surface area contributed by atoms with E-state index in [4.69, 9.17) is 11.6 Å².